The standard InChI is InChI=1S/C22H21N5O3S.CH2O2/c1-13(28)26-10-14-4-5-15(11-26)27(14)12-17-7-18-19(29-17)8-16(9-24-18)30-22-25-21-20(31-22)3-2-6-23-21;2-1-3/h2-3,6-9,14-15H,4-5,10-12H2,1H3;1H,(H,2,3)/t14-,15+;. The van der Waals surface area contributed by atoms with Crippen LogP contribution >= 0.6 is 11.3 Å². The first-order valence-corrected chi connectivity index (χ1v) is 11.7. The van der Waals surface area contributed by atoms with Crippen LogP contribution in [0, 0.1) is 0 Å². The van der Waals surface area contributed by atoms with Gasteiger partial charge in [0, 0.05) is 50.4 Å². The molecule has 0 saturated carbocycles. The molecule has 2 aliphatic rings. The van der Waals surface area contributed by atoms with Gasteiger partial charge in [-0.15, -0.1) is 0 Å². The van der Waals surface area contributed by atoms with Crippen LogP contribution in [0.25, 0.3) is 21.4 Å². The molecule has 4 aromatic rings. The summed E-state index contributed by atoms with van der Waals surface area (Å²) in [5, 5.41) is 7.42. The maximum atomic E-state index is 11.8. The van der Waals surface area contributed by atoms with Crippen LogP contribution in [-0.2, 0) is 16.1 Å². The molecule has 1 N–H and O–H groups in total. The minimum atomic E-state index is -0.250. The summed E-state index contributed by atoms with van der Waals surface area (Å²) in [6.45, 7) is 3.75. The van der Waals surface area contributed by atoms with E-state index in [1.165, 1.54) is 11.3 Å². The van der Waals surface area contributed by atoms with E-state index in [9.17, 15) is 4.79 Å². The van der Waals surface area contributed by atoms with Crippen molar-refractivity contribution >= 4 is 45.2 Å². The van der Waals surface area contributed by atoms with E-state index in [2.05, 4.69) is 19.9 Å². The molecule has 176 valence electrons. The van der Waals surface area contributed by atoms with Crippen molar-refractivity contribution in [2.75, 3.05) is 13.1 Å². The van der Waals surface area contributed by atoms with Crippen LogP contribution in [0.1, 0.15) is 25.5 Å². The number of rotatable bonds is 4. The summed E-state index contributed by atoms with van der Waals surface area (Å²) in [5.74, 6) is 1.64. The predicted octanol–water partition coefficient (Wildman–Crippen LogP) is 3.52. The number of aromatic nitrogens is 3. The fraction of sp³-hybridized carbons (Fsp3) is 0.348. The van der Waals surface area contributed by atoms with Crippen molar-refractivity contribution in [1.82, 2.24) is 24.8 Å². The van der Waals surface area contributed by atoms with Crippen LogP contribution in [0.5, 0.6) is 10.9 Å². The van der Waals surface area contributed by atoms with Crippen molar-refractivity contribution in [2.45, 2.75) is 38.4 Å². The molecule has 10 nitrogen and oxygen atoms in total. The fourth-order valence-corrected chi connectivity index (χ4v) is 5.46. The molecule has 2 atom stereocenters. The number of hydrogen-bond donors (Lipinski definition) is 1. The maximum Gasteiger partial charge on any atom is 0.290 e. The Bertz CT molecular complexity index is 1290. The Morgan fingerprint density at radius 3 is 2.76 bits per heavy atom. The molecule has 6 rings (SSSR count). The summed E-state index contributed by atoms with van der Waals surface area (Å²) in [6.07, 6.45) is 5.66. The molecule has 11 heteroatoms. The molecule has 1 amide bonds. The van der Waals surface area contributed by atoms with Crippen molar-refractivity contribution in [1.29, 1.82) is 0 Å². The van der Waals surface area contributed by atoms with E-state index in [-0.39, 0.29) is 12.4 Å². The Morgan fingerprint density at radius 1 is 1.29 bits per heavy atom. The van der Waals surface area contributed by atoms with Gasteiger partial charge in [0.1, 0.15) is 11.3 Å². The number of likely N-dealkylation sites (tertiary alicyclic amines) is 1. The molecule has 0 aromatic carbocycles. The molecule has 0 spiro atoms. The van der Waals surface area contributed by atoms with E-state index < -0.39 is 0 Å². The Labute approximate surface area is 198 Å². The Hall–Kier alpha value is -3.57. The topological polar surface area (TPSA) is 122 Å². The zero-order valence-electron chi connectivity index (χ0n) is 18.5. The molecule has 0 aliphatic carbocycles. The third kappa shape index (κ3) is 4.44. The third-order valence-corrected chi connectivity index (χ3v) is 7.05. The molecule has 34 heavy (non-hydrogen) atoms. The molecule has 0 radical (unpaired) electrons. The second kappa shape index (κ2) is 9.35. The number of furan rings is 1. The summed E-state index contributed by atoms with van der Waals surface area (Å²) >= 11 is 1.45. The zero-order valence-corrected chi connectivity index (χ0v) is 19.3. The van der Waals surface area contributed by atoms with Crippen molar-refractivity contribution in [3.05, 3.63) is 42.4 Å². The van der Waals surface area contributed by atoms with E-state index in [4.69, 9.17) is 19.1 Å². The highest BCUT2D eigenvalue weighted by molar-refractivity contribution is 7.20. The van der Waals surface area contributed by atoms with Gasteiger partial charge in [-0.2, -0.15) is 4.98 Å². The number of carboxylic acid groups (broad SMARTS) is 1. The van der Waals surface area contributed by atoms with Crippen molar-refractivity contribution in [3.8, 4) is 10.9 Å². The quantitative estimate of drug-likeness (QED) is 0.436. The first kappa shape index (κ1) is 22.2. The van der Waals surface area contributed by atoms with E-state index in [0.717, 1.165) is 48.5 Å². The van der Waals surface area contributed by atoms with E-state index in [1.807, 2.05) is 29.2 Å². The Morgan fingerprint density at radius 2 is 2.06 bits per heavy atom. The number of pyridine rings is 2. The summed E-state index contributed by atoms with van der Waals surface area (Å²) in [7, 11) is 0. The number of thiazole rings is 1. The second-order valence-electron chi connectivity index (χ2n) is 8.26. The van der Waals surface area contributed by atoms with Crippen molar-refractivity contribution in [3.63, 3.8) is 0 Å². The molecule has 2 bridgehead atoms. The molecule has 0 unspecified atom stereocenters. The van der Waals surface area contributed by atoms with E-state index in [0.29, 0.717) is 34.3 Å². The number of ether oxygens (including phenoxy) is 1. The average Bonchev–Trinajstić information content (AvgIpc) is 3.46. The third-order valence-electron chi connectivity index (χ3n) is 6.16. The van der Waals surface area contributed by atoms with Crippen LogP contribution in [0.3, 0.4) is 0 Å². The minimum Gasteiger partial charge on any atom is -0.483 e. The van der Waals surface area contributed by atoms with Crippen molar-refractivity contribution < 1.29 is 23.8 Å². The monoisotopic (exact) mass is 481 g/mol. The van der Waals surface area contributed by atoms with Crippen molar-refractivity contribution in [2.24, 2.45) is 0 Å². The van der Waals surface area contributed by atoms with Gasteiger partial charge in [0.15, 0.2) is 17.0 Å². The van der Waals surface area contributed by atoms with Gasteiger partial charge < -0.3 is 19.2 Å². The lowest BCUT2D eigenvalue weighted by Gasteiger charge is -2.40. The SMILES string of the molecule is CC(=O)N1C[C@H]2CC[C@@H](C1)N2Cc1cc2ncc(Oc3nc4ncccc4s3)cc2o1.O=CO. The summed E-state index contributed by atoms with van der Waals surface area (Å²) in [4.78, 5) is 37.7. The molecule has 2 fully saturated rings. The highest BCUT2D eigenvalue weighted by atomic mass is 32.1. The lowest BCUT2D eigenvalue weighted by atomic mass is 10.2. The molecule has 2 aliphatic heterocycles. The molecular formula is C23H23N5O5S. The van der Waals surface area contributed by atoms with Gasteiger partial charge in [-0.05, 0) is 25.0 Å². The number of nitrogens with zero attached hydrogens (tertiary/aromatic N) is 5. The Balaban J connectivity index is 0.000000764. The lowest BCUT2D eigenvalue weighted by molar-refractivity contribution is -0.132. The van der Waals surface area contributed by atoms with Gasteiger partial charge >= 0.3 is 0 Å². The van der Waals surface area contributed by atoms with Gasteiger partial charge in [0.05, 0.1) is 17.4 Å². The van der Waals surface area contributed by atoms with E-state index in [1.54, 1.807) is 19.3 Å². The van der Waals surface area contributed by atoms with Gasteiger partial charge in [-0.3, -0.25) is 14.5 Å². The molecule has 2 saturated heterocycles. The Kier molecular flexibility index (Phi) is 6.12. The number of piperazine rings is 1. The van der Waals surface area contributed by atoms with Crippen LogP contribution in [0.15, 0.2) is 41.1 Å². The number of hydrogen-bond acceptors (Lipinski definition) is 9. The summed E-state index contributed by atoms with van der Waals surface area (Å²) in [5.41, 5.74) is 2.18. The fourth-order valence-electron chi connectivity index (χ4n) is 4.66. The van der Waals surface area contributed by atoms with Gasteiger partial charge in [-0.25, -0.2) is 9.97 Å². The predicted molar refractivity (Wildman–Crippen MR) is 125 cm³/mol. The number of carbonyl (C=O) groups is 2. The smallest absolute Gasteiger partial charge is 0.290 e. The van der Waals surface area contributed by atoms with Gasteiger partial charge in [0.2, 0.25) is 5.91 Å². The first-order valence-electron chi connectivity index (χ1n) is 10.9. The van der Waals surface area contributed by atoms with E-state index >= 15 is 0 Å². The highest BCUT2D eigenvalue weighted by Gasteiger charge is 2.40. The number of fused-ring (bicyclic) bond motifs is 4. The molecular weight excluding hydrogens is 458 g/mol. The van der Waals surface area contributed by atoms with Gasteiger partial charge in [0.25, 0.3) is 11.7 Å². The highest BCUT2D eigenvalue weighted by Crippen LogP contribution is 2.34. The summed E-state index contributed by atoms with van der Waals surface area (Å²) < 4.78 is 13.0. The first-order chi connectivity index (χ1) is 16.5. The van der Waals surface area contributed by atoms with Crippen LogP contribution in [-0.4, -0.2) is 67.4 Å². The number of carbonyl (C=O) groups excluding carboxylic acids is 1. The average molecular weight is 482 g/mol. The maximum absolute atomic E-state index is 11.8. The lowest BCUT2D eigenvalue weighted by Crippen LogP contribution is -2.54. The summed E-state index contributed by atoms with van der Waals surface area (Å²) in [6, 6.07) is 8.50. The van der Waals surface area contributed by atoms with Crippen LogP contribution in [0.4, 0.5) is 0 Å². The molecule has 4 aromatic heterocycles. The van der Waals surface area contributed by atoms with Crippen LogP contribution in [0.2, 0.25) is 0 Å². The minimum absolute atomic E-state index is 0.168. The number of amides is 1. The molecule has 6 heterocycles. The normalized spacial score (nSPS) is 19.7. The largest absolute Gasteiger partial charge is 0.483 e. The van der Waals surface area contributed by atoms with Gasteiger partial charge in [-0.1, -0.05) is 11.3 Å². The van der Waals surface area contributed by atoms with Crippen LogP contribution < -0.4 is 4.74 Å². The zero-order chi connectivity index (χ0) is 23.7. The second-order valence-corrected chi connectivity index (χ2v) is 9.25.